The van der Waals surface area contributed by atoms with Gasteiger partial charge in [0.05, 0.1) is 6.04 Å². The molecule has 2 atom stereocenters. The van der Waals surface area contributed by atoms with Gasteiger partial charge in [-0.3, -0.25) is 9.59 Å². The lowest BCUT2D eigenvalue weighted by Crippen LogP contribution is -2.47. The van der Waals surface area contributed by atoms with Gasteiger partial charge in [-0.1, -0.05) is 12.1 Å². The quantitative estimate of drug-likeness (QED) is 0.356. The molecule has 3 aromatic rings. The molecule has 2 aliphatic heterocycles. The standard InChI is InChI=1S/C32H34F2N4O4/c1-3-38(32(41)42-27-11-9-26(34)10-12-27)29-20-37(19-28(29)22-4-7-25(33)8-5-22)31(40)23-14-16-36(17-15-23)30-13-6-24(18-35-30)21(2)39/h4-13,18,23,28-29H,3,14-17,19-20H2,1-2H3. The summed E-state index contributed by atoms with van der Waals surface area (Å²) in [6.07, 6.45) is 2.30. The van der Waals surface area contributed by atoms with Gasteiger partial charge in [-0.25, -0.2) is 18.6 Å². The Labute approximate surface area is 243 Å². The minimum absolute atomic E-state index is 0.0344. The first-order chi connectivity index (χ1) is 20.2. The number of aromatic nitrogens is 1. The number of ether oxygens (including phenoxy) is 1. The minimum atomic E-state index is -0.591. The van der Waals surface area contributed by atoms with Crippen LogP contribution in [0, 0.1) is 17.6 Å². The molecule has 2 amide bonds. The maximum Gasteiger partial charge on any atom is 0.415 e. The number of ketones is 1. The van der Waals surface area contributed by atoms with Crippen molar-refractivity contribution in [2.24, 2.45) is 5.92 Å². The third-order valence-electron chi connectivity index (χ3n) is 8.22. The van der Waals surface area contributed by atoms with E-state index in [1.807, 2.05) is 17.9 Å². The van der Waals surface area contributed by atoms with Crippen molar-refractivity contribution in [2.45, 2.75) is 38.6 Å². The smallest absolute Gasteiger partial charge is 0.410 e. The van der Waals surface area contributed by atoms with Gasteiger partial charge in [0.2, 0.25) is 5.91 Å². The van der Waals surface area contributed by atoms with E-state index in [2.05, 4.69) is 9.88 Å². The fourth-order valence-corrected chi connectivity index (χ4v) is 5.88. The number of pyridine rings is 1. The van der Waals surface area contributed by atoms with E-state index in [0.29, 0.717) is 51.1 Å². The third-order valence-corrected chi connectivity index (χ3v) is 8.22. The molecule has 2 unspecified atom stereocenters. The average molecular weight is 577 g/mol. The predicted octanol–water partition coefficient (Wildman–Crippen LogP) is 5.29. The van der Waals surface area contributed by atoms with Crippen molar-refractivity contribution in [3.05, 3.63) is 89.6 Å². The first kappa shape index (κ1) is 29.2. The highest BCUT2D eigenvalue weighted by molar-refractivity contribution is 5.93. The van der Waals surface area contributed by atoms with E-state index in [9.17, 15) is 23.2 Å². The number of likely N-dealkylation sites (N-methyl/N-ethyl adjacent to an activating group) is 1. The summed E-state index contributed by atoms with van der Waals surface area (Å²) in [4.78, 5) is 48.5. The van der Waals surface area contributed by atoms with Crippen LogP contribution in [0.25, 0.3) is 0 Å². The number of carbonyl (C=O) groups is 3. The first-order valence-corrected chi connectivity index (χ1v) is 14.2. The van der Waals surface area contributed by atoms with Gasteiger partial charge >= 0.3 is 6.09 Å². The molecule has 10 heteroatoms. The lowest BCUT2D eigenvalue weighted by atomic mass is 9.93. The summed E-state index contributed by atoms with van der Waals surface area (Å²) in [6, 6.07) is 14.6. The van der Waals surface area contributed by atoms with E-state index in [4.69, 9.17) is 4.74 Å². The highest BCUT2D eigenvalue weighted by Gasteiger charge is 2.43. The summed E-state index contributed by atoms with van der Waals surface area (Å²) < 4.78 is 32.7. The second-order valence-corrected chi connectivity index (χ2v) is 10.8. The summed E-state index contributed by atoms with van der Waals surface area (Å²) in [6.45, 7) is 5.71. The van der Waals surface area contributed by atoms with Crippen molar-refractivity contribution in [3.8, 4) is 5.75 Å². The molecule has 2 fully saturated rings. The number of Topliss-reactive ketones (excluding diaryl/α,β-unsaturated/α-hetero) is 1. The van der Waals surface area contributed by atoms with Crippen molar-refractivity contribution in [3.63, 3.8) is 0 Å². The topological polar surface area (TPSA) is 83.0 Å². The highest BCUT2D eigenvalue weighted by atomic mass is 19.1. The molecular formula is C32H34F2N4O4. The third kappa shape index (κ3) is 6.42. The van der Waals surface area contributed by atoms with Gasteiger partial charge in [-0.15, -0.1) is 0 Å². The Balaban J connectivity index is 1.29. The molecule has 42 heavy (non-hydrogen) atoms. The van der Waals surface area contributed by atoms with E-state index < -0.39 is 11.9 Å². The fraction of sp³-hybridized carbons (Fsp3) is 0.375. The number of benzene rings is 2. The van der Waals surface area contributed by atoms with Gasteiger partial charge in [0, 0.05) is 56.3 Å². The monoisotopic (exact) mass is 576 g/mol. The summed E-state index contributed by atoms with van der Waals surface area (Å²) in [5.41, 5.74) is 1.39. The number of likely N-dealkylation sites (tertiary alicyclic amines) is 1. The van der Waals surface area contributed by atoms with Gasteiger partial charge in [0.25, 0.3) is 0 Å². The van der Waals surface area contributed by atoms with Crippen molar-refractivity contribution in [1.29, 1.82) is 0 Å². The average Bonchev–Trinajstić information content (AvgIpc) is 3.44. The summed E-state index contributed by atoms with van der Waals surface area (Å²) in [7, 11) is 0. The molecule has 1 aromatic heterocycles. The Morgan fingerprint density at radius 3 is 2.14 bits per heavy atom. The van der Waals surface area contributed by atoms with Crippen LogP contribution in [0.1, 0.15) is 48.5 Å². The second kappa shape index (κ2) is 12.7. The Morgan fingerprint density at radius 2 is 1.57 bits per heavy atom. The number of amides is 2. The normalized spacial score (nSPS) is 19.0. The van der Waals surface area contributed by atoms with Crippen LogP contribution < -0.4 is 9.64 Å². The van der Waals surface area contributed by atoms with Crippen LogP contribution in [0.3, 0.4) is 0 Å². The lowest BCUT2D eigenvalue weighted by Gasteiger charge is -2.34. The SMILES string of the molecule is CCN(C(=O)Oc1ccc(F)cc1)C1CN(C(=O)C2CCN(c3ccc(C(C)=O)cn3)CC2)CC1c1ccc(F)cc1. The molecule has 2 aromatic carbocycles. The number of halogens is 2. The molecule has 3 heterocycles. The van der Waals surface area contributed by atoms with E-state index in [1.54, 1.807) is 29.3 Å². The number of rotatable bonds is 7. The highest BCUT2D eigenvalue weighted by Crippen LogP contribution is 2.34. The molecule has 0 bridgehead atoms. The van der Waals surface area contributed by atoms with Crippen LogP contribution in [-0.2, 0) is 4.79 Å². The first-order valence-electron chi connectivity index (χ1n) is 14.2. The fourth-order valence-electron chi connectivity index (χ4n) is 5.88. The predicted molar refractivity (Wildman–Crippen MR) is 153 cm³/mol. The molecule has 220 valence electrons. The number of hydrogen-bond donors (Lipinski definition) is 0. The minimum Gasteiger partial charge on any atom is -0.410 e. The Kier molecular flexibility index (Phi) is 8.80. The zero-order chi connectivity index (χ0) is 29.8. The maximum absolute atomic E-state index is 13.8. The largest absolute Gasteiger partial charge is 0.415 e. The van der Waals surface area contributed by atoms with Gasteiger partial charge in [-0.2, -0.15) is 0 Å². The van der Waals surface area contributed by atoms with E-state index in [1.165, 1.54) is 43.3 Å². The summed E-state index contributed by atoms with van der Waals surface area (Å²) >= 11 is 0. The van der Waals surface area contributed by atoms with E-state index >= 15 is 0 Å². The van der Waals surface area contributed by atoms with E-state index in [0.717, 1.165) is 11.4 Å². The van der Waals surface area contributed by atoms with Crippen molar-refractivity contribution in [1.82, 2.24) is 14.8 Å². The molecular weight excluding hydrogens is 542 g/mol. The summed E-state index contributed by atoms with van der Waals surface area (Å²) in [5.74, 6) is -0.203. The van der Waals surface area contributed by atoms with Crippen LogP contribution in [-0.4, -0.2) is 71.3 Å². The molecule has 2 saturated heterocycles. The number of piperidine rings is 1. The second-order valence-electron chi connectivity index (χ2n) is 10.8. The molecule has 2 aliphatic rings. The number of hydrogen-bond acceptors (Lipinski definition) is 6. The molecule has 5 rings (SSSR count). The molecule has 0 aliphatic carbocycles. The van der Waals surface area contributed by atoms with Crippen LogP contribution in [0.15, 0.2) is 66.9 Å². The van der Waals surface area contributed by atoms with Crippen LogP contribution in [0.5, 0.6) is 5.75 Å². The Morgan fingerprint density at radius 1 is 0.929 bits per heavy atom. The molecule has 0 spiro atoms. The number of nitrogens with zero attached hydrogens (tertiary/aromatic N) is 4. The number of anilines is 1. The summed E-state index contributed by atoms with van der Waals surface area (Å²) in [5, 5.41) is 0. The zero-order valence-corrected chi connectivity index (χ0v) is 23.7. The van der Waals surface area contributed by atoms with Crippen molar-refractivity contribution >= 4 is 23.6 Å². The van der Waals surface area contributed by atoms with Crippen LogP contribution in [0.4, 0.5) is 19.4 Å². The zero-order valence-electron chi connectivity index (χ0n) is 23.7. The van der Waals surface area contributed by atoms with Crippen molar-refractivity contribution in [2.75, 3.05) is 37.6 Å². The number of carbonyl (C=O) groups excluding carboxylic acids is 3. The Hall–Kier alpha value is -4.34. The van der Waals surface area contributed by atoms with Crippen LogP contribution in [0.2, 0.25) is 0 Å². The lowest BCUT2D eigenvalue weighted by molar-refractivity contribution is -0.135. The van der Waals surface area contributed by atoms with Gasteiger partial charge < -0.3 is 19.4 Å². The van der Waals surface area contributed by atoms with Gasteiger partial charge in [-0.05, 0) is 80.8 Å². The molecule has 0 N–H and O–H groups in total. The maximum atomic E-state index is 13.8. The van der Waals surface area contributed by atoms with Gasteiger partial charge in [0.1, 0.15) is 23.2 Å². The van der Waals surface area contributed by atoms with Crippen LogP contribution >= 0.6 is 0 Å². The van der Waals surface area contributed by atoms with Crippen molar-refractivity contribution < 1.29 is 27.9 Å². The molecule has 0 saturated carbocycles. The Bertz CT molecular complexity index is 1410. The molecule has 8 nitrogen and oxygen atoms in total. The van der Waals surface area contributed by atoms with Gasteiger partial charge in [0.15, 0.2) is 5.78 Å². The van der Waals surface area contributed by atoms with E-state index in [-0.39, 0.29) is 41.1 Å². The molecule has 0 radical (unpaired) electrons.